The van der Waals surface area contributed by atoms with E-state index in [0.717, 1.165) is 6.54 Å². The first-order valence-electron chi connectivity index (χ1n) is 3.73. The average Bonchev–Trinajstić information content (AvgIpc) is 2.37. The minimum atomic E-state index is 0.952. The van der Waals surface area contributed by atoms with Crippen LogP contribution in [0.5, 0.6) is 0 Å². The van der Waals surface area contributed by atoms with Gasteiger partial charge in [0.1, 0.15) is 0 Å². The van der Waals surface area contributed by atoms with Crippen LogP contribution in [-0.2, 0) is 0 Å². The van der Waals surface area contributed by atoms with Crippen LogP contribution < -0.4 is 5.32 Å². The lowest BCUT2D eigenvalue weighted by Crippen LogP contribution is -1.99. The molecule has 1 heteroatoms. The predicted molar refractivity (Wildman–Crippen MR) is 49.2 cm³/mol. The lowest BCUT2D eigenvalue weighted by atomic mass is 10.1. The van der Waals surface area contributed by atoms with Crippen molar-refractivity contribution in [3.05, 3.63) is 48.2 Å². The summed E-state index contributed by atoms with van der Waals surface area (Å²) in [6.45, 7) is 6.65. The Hall–Kier alpha value is -1.24. The second-order valence-electron chi connectivity index (χ2n) is 2.52. The second kappa shape index (κ2) is 3.81. The zero-order valence-electron chi connectivity index (χ0n) is 6.80. The van der Waals surface area contributed by atoms with Crippen molar-refractivity contribution in [2.24, 2.45) is 0 Å². The summed E-state index contributed by atoms with van der Waals surface area (Å²) in [7, 11) is 0. The second-order valence-corrected chi connectivity index (χ2v) is 2.52. The maximum Gasteiger partial charge on any atom is 0.0398 e. The van der Waals surface area contributed by atoms with Crippen molar-refractivity contribution in [3.63, 3.8) is 0 Å². The SMILES string of the molecule is C=C/C=C\C=C1/CNC=C1C. The lowest BCUT2D eigenvalue weighted by Gasteiger charge is -1.93. The first kappa shape index (κ1) is 7.86. The molecule has 1 aliphatic heterocycles. The van der Waals surface area contributed by atoms with Crippen molar-refractivity contribution >= 4 is 0 Å². The van der Waals surface area contributed by atoms with E-state index in [-0.39, 0.29) is 0 Å². The summed E-state index contributed by atoms with van der Waals surface area (Å²) in [6.07, 6.45) is 9.85. The fourth-order valence-electron chi connectivity index (χ4n) is 0.987. The normalized spacial score (nSPS) is 20.5. The smallest absolute Gasteiger partial charge is 0.0398 e. The molecule has 1 aliphatic rings. The summed E-state index contributed by atoms with van der Waals surface area (Å²) in [6, 6.07) is 0. The summed E-state index contributed by atoms with van der Waals surface area (Å²) in [5.74, 6) is 0. The molecule has 0 saturated heterocycles. The quantitative estimate of drug-likeness (QED) is 0.590. The molecule has 0 atom stereocenters. The Morgan fingerprint density at radius 2 is 2.36 bits per heavy atom. The maximum atomic E-state index is 3.60. The van der Waals surface area contributed by atoms with E-state index in [1.54, 1.807) is 6.08 Å². The molecule has 0 aliphatic carbocycles. The molecule has 1 N–H and O–H groups in total. The van der Waals surface area contributed by atoms with E-state index in [1.807, 2.05) is 18.4 Å². The molecule has 0 aromatic carbocycles. The molecule has 0 spiro atoms. The molecule has 0 saturated carbocycles. The van der Waals surface area contributed by atoms with Crippen LogP contribution in [0, 0.1) is 0 Å². The van der Waals surface area contributed by atoms with Crippen molar-refractivity contribution in [3.8, 4) is 0 Å². The van der Waals surface area contributed by atoms with E-state index < -0.39 is 0 Å². The fourth-order valence-corrected chi connectivity index (χ4v) is 0.987. The summed E-state index contributed by atoms with van der Waals surface area (Å²) < 4.78 is 0. The van der Waals surface area contributed by atoms with Gasteiger partial charge in [0.05, 0.1) is 0 Å². The third-order valence-electron chi connectivity index (χ3n) is 1.66. The van der Waals surface area contributed by atoms with Gasteiger partial charge in [0.25, 0.3) is 0 Å². The van der Waals surface area contributed by atoms with E-state index in [4.69, 9.17) is 0 Å². The molecule has 0 radical (unpaired) electrons. The Morgan fingerprint density at radius 3 is 2.91 bits per heavy atom. The zero-order valence-corrected chi connectivity index (χ0v) is 6.80. The van der Waals surface area contributed by atoms with Crippen LogP contribution in [0.4, 0.5) is 0 Å². The van der Waals surface area contributed by atoms with Gasteiger partial charge in [0.2, 0.25) is 0 Å². The topological polar surface area (TPSA) is 12.0 Å². The molecule has 1 nitrogen and oxygen atoms in total. The van der Waals surface area contributed by atoms with Gasteiger partial charge in [-0.2, -0.15) is 0 Å². The van der Waals surface area contributed by atoms with Gasteiger partial charge in [-0.05, 0) is 24.3 Å². The highest BCUT2D eigenvalue weighted by Gasteiger charge is 2.03. The van der Waals surface area contributed by atoms with Gasteiger partial charge in [0.15, 0.2) is 0 Å². The largest absolute Gasteiger partial charge is 0.387 e. The monoisotopic (exact) mass is 147 g/mol. The van der Waals surface area contributed by atoms with Crippen LogP contribution in [0.15, 0.2) is 48.2 Å². The fraction of sp³-hybridized carbons (Fsp3) is 0.200. The van der Waals surface area contributed by atoms with Gasteiger partial charge >= 0.3 is 0 Å². The molecule has 1 rings (SSSR count). The summed E-state index contributed by atoms with van der Waals surface area (Å²) in [5, 5.41) is 3.16. The predicted octanol–water partition coefficient (Wildman–Crippen LogP) is 2.16. The zero-order chi connectivity index (χ0) is 8.10. The molecule has 0 aromatic rings. The highest BCUT2D eigenvalue weighted by atomic mass is 14.9. The van der Waals surface area contributed by atoms with Gasteiger partial charge in [-0.25, -0.2) is 0 Å². The van der Waals surface area contributed by atoms with Crippen LogP contribution in [-0.4, -0.2) is 6.54 Å². The number of hydrogen-bond donors (Lipinski definition) is 1. The molecule has 0 unspecified atom stereocenters. The molecule has 0 aromatic heterocycles. The number of allylic oxidation sites excluding steroid dienone is 4. The third-order valence-corrected chi connectivity index (χ3v) is 1.66. The average molecular weight is 147 g/mol. The Balaban J connectivity index is 2.60. The third kappa shape index (κ3) is 2.11. The van der Waals surface area contributed by atoms with Crippen molar-refractivity contribution in [1.29, 1.82) is 0 Å². The molecule has 0 fully saturated rings. The molecule has 0 bridgehead atoms. The van der Waals surface area contributed by atoms with Crippen LogP contribution in [0.3, 0.4) is 0 Å². The molecule has 11 heavy (non-hydrogen) atoms. The molecule has 0 amide bonds. The highest BCUT2D eigenvalue weighted by molar-refractivity contribution is 5.37. The van der Waals surface area contributed by atoms with E-state index in [1.165, 1.54) is 11.1 Å². The van der Waals surface area contributed by atoms with E-state index in [9.17, 15) is 0 Å². The lowest BCUT2D eigenvalue weighted by molar-refractivity contribution is 1.01. The first-order valence-corrected chi connectivity index (χ1v) is 3.73. The summed E-state index contributed by atoms with van der Waals surface area (Å²) >= 11 is 0. The standard InChI is InChI=1S/C10H13N/c1-3-4-5-6-10-8-11-7-9(10)2/h3-7,11H,1,8H2,2H3/b5-4-,10-6+. The Morgan fingerprint density at radius 1 is 1.55 bits per heavy atom. The van der Waals surface area contributed by atoms with Gasteiger partial charge in [-0.1, -0.05) is 30.9 Å². The van der Waals surface area contributed by atoms with Crippen LogP contribution in [0.25, 0.3) is 0 Å². The number of rotatable bonds is 2. The number of nitrogens with one attached hydrogen (secondary N) is 1. The molecule has 1 heterocycles. The minimum absolute atomic E-state index is 0.952. The molecule has 58 valence electrons. The van der Waals surface area contributed by atoms with Crippen LogP contribution in [0.2, 0.25) is 0 Å². The Kier molecular flexibility index (Phi) is 2.73. The van der Waals surface area contributed by atoms with Crippen LogP contribution >= 0.6 is 0 Å². The van der Waals surface area contributed by atoms with Crippen molar-refractivity contribution in [2.75, 3.05) is 6.54 Å². The first-order chi connectivity index (χ1) is 5.34. The molecular formula is C10H13N. The van der Waals surface area contributed by atoms with Crippen LogP contribution in [0.1, 0.15) is 6.92 Å². The highest BCUT2D eigenvalue weighted by Crippen LogP contribution is 2.12. The van der Waals surface area contributed by atoms with Crippen molar-refractivity contribution < 1.29 is 0 Å². The molecular weight excluding hydrogens is 134 g/mol. The maximum absolute atomic E-state index is 3.60. The van der Waals surface area contributed by atoms with E-state index in [0.29, 0.717) is 0 Å². The van der Waals surface area contributed by atoms with E-state index >= 15 is 0 Å². The van der Waals surface area contributed by atoms with Gasteiger partial charge in [-0.15, -0.1) is 0 Å². The van der Waals surface area contributed by atoms with Gasteiger partial charge < -0.3 is 5.32 Å². The summed E-state index contributed by atoms with van der Waals surface area (Å²) in [4.78, 5) is 0. The Labute approximate surface area is 67.8 Å². The van der Waals surface area contributed by atoms with Crippen molar-refractivity contribution in [1.82, 2.24) is 5.32 Å². The Bertz CT molecular complexity index is 231. The number of hydrogen-bond acceptors (Lipinski definition) is 1. The van der Waals surface area contributed by atoms with Gasteiger partial charge in [-0.3, -0.25) is 0 Å². The van der Waals surface area contributed by atoms with Crippen molar-refractivity contribution in [2.45, 2.75) is 6.92 Å². The summed E-state index contributed by atoms with van der Waals surface area (Å²) in [5.41, 5.74) is 2.67. The minimum Gasteiger partial charge on any atom is -0.387 e. The van der Waals surface area contributed by atoms with E-state index in [2.05, 4.69) is 24.9 Å². The van der Waals surface area contributed by atoms with Gasteiger partial charge in [0, 0.05) is 6.54 Å².